The highest BCUT2D eigenvalue weighted by Gasteiger charge is 2.14. The van der Waals surface area contributed by atoms with Gasteiger partial charge in [0.1, 0.15) is 11.5 Å². The van der Waals surface area contributed by atoms with E-state index in [0.717, 1.165) is 12.8 Å². The van der Waals surface area contributed by atoms with Gasteiger partial charge >= 0.3 is 0 Å². The molecule has 0 bridgehead atoms. The van der Waals surface area contributed by atoms with Crippen molar-refractivity contribution in [1.82, 2.24) is 15.3 Å². The number of carbonyl (C=O) groups is 1. The maximum Gasteiger partial charge on any atom is 0.271 e. The first-order valence-corrected chi connectivity index (χ1v) is 8.30. The van der Waals surface area contributed by atoms with Crippen molar-refractivity contribution in [1.29, 1.82) is 0 Å². The minimum Gasteiger partial charge on any atom is -0.493 e. The fourth-order valence-electron chi connectivity index (χ4n) is 2.28. The Morgan fingerprint density at radius 1 is 1.04 bits per heavy atom. The molecule has 140 valence electrons. The zero-order chi connectivity index (χ0) is 18.9. The zero-order valence-electron chi connectivity index (χ0n) is 15.5. The van der Waals surface area contributed by atoms with Crippen molar-refractivity contribution in [2.24, 2.45) is 0 Å². The van der Waals surface area contributed by atoms with Crippen LogP contribution in [0.2, 0.25) is 0 Å². The molecule has 0 saturated carbocycles. The second-order valence-corrected chi connectivity index (χ2v) is 5.44. The van der Waals surface area contributed by atoms with Crippen LogP contribution in [-0.4, -0.2) is 43.7 Å². The molecular formula is C18H24N4O4. The Hall–Kier alpha value is -3.03. The van der Waals surface area contributed by atoms with Crippen LogP contribution >= 0.6 is 0 Å². The van der Waals surface area contributed by atoms with Gasteiger partial charge in [-0.3, -0.25) is 4.79 Å². The zero-order valence-corrected chi connectivity index (χ0v) is 15.5. The molecule has 0 saturated heterocycles. The SMILES string of the molecule is CCCCNC(=O)c1cnc(Nc2cc(OC)c(OC)c(OC)c2)cn1. The van der Waals surface area contributed by atoms with Crippen LogP contribution < -0.4 is 24.8 Å². The van der Waals surface area contributed by atoms with Crippen LogP contribution in [0.3, 0.4) is 0 Å². The number of unbranched alkanes of at least 4 members (excludes halogenated alkanes) is 1. The lowest BCUT2D eigenvalue weighted by Gasteiger charge is -2.14. The van der Waals surface area contributed by atoms with E-state index in [1.807, 2.05) is 0 Å². The molecule has 0 atom stereocenters. The number of rotatable bonds is 9. The van der Waals surface area contributed by atoms with Crippen molar-refractivity contribution in [3.63, 3.8) is 0 Å². The molecule has 0 aliphatic rings. The highest BCUT2D eigenvalue weighted by Crippen LogP contribution is 2.40. The first-order chi connectivity index (χ1) is 12.6. The number of nitrogens with zero attached hydrogens (tertiary/aromatic N) is 2. The Morgan fingerprint density at radius 2 is 1.73 bits per heavy atom. The first-order valence-electron chi connectivity index (χ1n) is 8.30. The average molecular weight is 360 g/mol. The second-order valence-electron chi connectivity index (χ2n) is 5.44. The number of aromatic nitrogens is 2. The standard InChI is InChI=1S/C18H24N4O4/c1-5-6-7-19-18(23)13-10-21-16(11-20-13)22-12-8-14(24-2)17(26-4)15(9-12)25-3/h8-11H,5-7H2,1-4H3,(H,19,23)(H,21,22). The van der Waals surface area contributed by atoms with Crippen LogP contribution in [0, 0.1) is 0 Å². The van der Waals surface area contributed by atoms with E-state index in [2.05, 4.69) is 27.5 Å². The van der Waals surface area contributed by atoms with Crippen molar-refractivity contribution < 1.29 is 19.0 Å². The molecule has 2 rings (SSSR count). The number of benzene rings is 1. The third-order valence-corrected chi connectivity index (χ3v) is 3.64. The molecular weight excluding hydrogens is 336 g/mol. The molecule has 8 nitrogen and oxygen atoms in total. The highest BCUT2D eigenvalue weighted by molar-refractivity contribution is 5.92. The van der Waals surface area contributed by atoms with E-state index in [1.54, 1.807) is 33.5 Å². The van der Waals surface area contributed by atoms with Crippen LogP contribution in [0.25, 0.3) is 0 Å². The third-order valence-electron chi connectivity index (χ3n) is 3.64. The summed E-state index contributed by atoms with van der Waals surface area (Å²) in [5.74, 6) is 1.81. The number of hydrogen-bond donors (Lipinski definition) is 2. The van der Waals surface area contributed by atoms with E-state index in [1.165, 1.54) is 12.4 Å². The monoisotopic (exact) mass is 360 g/mol. The minimum absolute atomic E-state index is 0.231. The maximum absolute atomic E-state index is 11.9. The van der Waals surface area contributed by atoms with Gasteiger partial charge in [-0.15, -0.1) is 0 Å². The second kappa shape index (κ2) is 9.45. The van der Waals surface area contributed by atoms with Gasteiger partial charge < -0.3 is 24.8 Å². The molecule has 2 N–H and O–H groups in total. The summed E-state index contributed by atoms with van der Waals surface area (Å²) in [6.07, 6.45) is 4.88. The van der Waals surface area contributed by atoms with Crippen LogP contribution in [0.4, 0.5) is 11.5 Å². The molecule has 8 heteroatoms. The summed E-state index contributed by atoms with van der Waals surface area (Å²) in [5.41, 5.74) is 0.963. The molecule has 1 aromatic carbocycles. The molecule has 0 fully saturated rings. The highest BCUT2D eigenvalue weighted by atomic mass is 16.5. The molecule has 0 aliphatic heterocycles. The van der Waals surface area contributed by atoms with Crippen molar-refractivity contribution in [3.8, 4) is 17.2 Å². The van der Waals surface area contributed by atoms with Crippen LogP contribution in [0.15, 0.2) is 24.5 Å². The number of amides is 1. The number of anilines is 2. The Balaban J connectivity index is 2.12. The van der Waals surface area contributed by atoms with Crippen molar-refractivity contribution in [2.75, 3.05) is 33.2 Å². The smallest absolute Gasteiger partial charge is 0.271 e. The Morgan fingerprint density at radius 3 is 2.23 bits per heavy atom. The topological polar surface area (TPSA) is 94.6 Å². The lowest BCUT2D eigenvalue weighted by molar-refractivity contribution is 0.0948. The summed E-state index contributed by atoms with van der Waals surface area (Å²) in [4.78, 5) is 20.3. The van der Waals surface area contributed by atoms with Gasteiger partial charge in [0, 0.05) is 24.4 Å². The third kappa shape index (κ3) is 4.75. The molecule has 0 radical (unpaired) electrons. The lowest BCUT2D eigenvalue weighted by atomic mass is 10.2. The van der Waals surface area contributed by atoms with Gasteiger partial charge in [0.25, 0.3) is 5.91 Å². The Labute approximate surface area is 152 Å². The predicted octanol–water partition coefficient (Wildman–Crippen LogP) is 2.78. The van der Waals surface area contributed by atoms with E-state index in [-0.39, 0.29) is 11.6 Å². The quantitative estimate of drug-likeness (QED) is 0.664. The minimum atomic E-state index is -0.231. The Kier molecular flexibility index (Phi) is 7.02. The summed E-state index contributed by atoms with van der Waals surface area (Å²) in [7, 11) is 4.64. The number of carbonyl (C=O) groups excluding carboxylic acids is 1. The van der Waals surface area contributed by atoms with E-state index < -0.39 is 0 Å². The van der Waals surface area contributed by atoms with Gasteiger partial charge in [0.15, 0.2) is 11.5 Å². The first kappa shape index (κ1) is 19.3. The summed E-state index contributed by atoms with van der Waals surface area (Å²) in [6.45, 7) is 2.69. The van der Waals surface area contributed by atoms with Gasteiger partial charge in [0.2, 0.25) is 5.75 Å². The fourth-order valence-corrected chi connectivity index (χ4v) is 2.28. The fraction of sp³-hybridized carbons (Fsp3) is 0.389. The number of ether oxygens (including phenoxy) is 3. The molecule has 26 heavy (non-hydrogen) atoms. The number of methoxy groups -OCH3 is 3. The normalized spacial score (nSPS) is 10.2. The molecule has 0 unspecified atom stereocenters. The molecule has 0 spiro atoms. The molecule has 2 aromatic rings. The van der Waals surface area contributed by atoms with Crippen LogP contribution in [-0.2, 0) is 0 Å². The molecule has 1 heterocycles. The Bertz CT molecular complexity index is 709. The molecule has 0 aliphatic carbocycles. The van der Waals surface area contributed by atoms with E-state index in [9.17, 15) is 4.79 Å². The van der Waals surface area contributed by atoms with Gasteiger partial charge in [-0.25, -0.2) is 9.97 Å². The predicted molar refractivity (Wildman–Crippen MR) is 98.7 cm³/mol. The van der Waals surface area contributed by atoms with Crippen molar-refractivity contribution in [2.45, 2.75) is 19.8 Å². The largest absolute Gasteiger partial charge is 0.493 e. The van der Waals surface area contributed by atoms with E-state index >= 15 is 0 Å². The number of hydrogen-bond acceptors (Lipinski definition) is 7. The van der Waals surface area contributed by atoms with Crippen molar-refractivity contribution >= 4 is 17.4 Å². The van der Waals surface area contributed by atoms with Crippen LogP contribution in [0.5, 0.6) is 17.2 Å². The summed E-state index contributed by atoms with van der Waals surface area (Å²) < 4.78 is 15.9. The van der Waals surface area contributed by atoms with Gasteiger partial charge in [0.05, 0.1) is 33.7 Å². The van der Waals surface area contributed by atoms with Gasteiger partial charge in [-0.1, -0.05) is 13.3 Å². The lowest BCUT2D eigenvalue weighted by Crippen LogP contribution is -2.25. The van der Waals surface area contributed by atoms with E-state index in [4.69, 9.17) is 14.2 Å². The summed E-state index contributed by atoms with van der Waals surface area (Å²) in [5, 5.41) is 5.91. The summed E-state index contributed by atoms with van der Waals surface area (Å²) in [6, 6.07) is 3.52. The van der Waals surface area contributed by atoms with Crippen molar-refractivity contribution in [3.05, 3.63) is 30.2 Å². The van der Waals surface area contributed by atoms with Gasteiger partial charge in [-0.2, -0.15) is 0 Å². The maximum atomic E-state index is 11.9. The summed E-state index contributed by atoms with van der Waals surface area (Å²) >= 11 is 0. The van der Waals surface area contributed by atoms with Gasteiger partial charge in [-0.05, 0) is 6.42 Å². The molecule has 1 aromatic heterocycles. The molecule has 1 amide bonds. The average Bonchev–Trinajstić information content (AvgIpc) is 2.67. The number of nitrogens with one attached hydrogen (secondary N) is 2. The van der Waals surface area contributed by atoms with Crippen LogP contribution in [0.1, 0.15) is 30.3 Å². The van der Waals surface area contributed by atoms with E-state index in [0.29, 0.717) is 35.3 Å².